The minimum atomic E-state index is -0.0709. The van der Waals surface area contributed by atoms with E-state index in [1.165, 1.54) is 17.3 Å². The maximum atomic E-state index is 12.2. The summed E-state index contributed by atoms with van der Waals surface area (Å²) in [7, 11) is 0. The third-order valence-corrected chi connectivity index (χ3v) is 6.09. The van der Waals surface area contributed by atoms with Crippen LogP contribution >= 0.6 is 35.1 Å². The van der Waals surface area contributed by atoms with Crippen LogP contribution in [0.4, 0.5) is 5.69 Å². The van der Waals surface area contributed by atoms with Crippen LogP contribution in [-0.2, 0) is 10.5 Å². The molecule has 0 bridgehead atoms. The van der Waals surface area contributed by atoms with Crippen molar-refractivity contribution < 1.29 is 4.79 Å². The Morgan fingerprint density at radius 1 is 1.33 bits per heavy atom. The van der Waals surface area contributed by atoms with Crippen molar-refractivity contribution in [3.8, 4) is 0 Å². The Bertz CT molecular complexity index is 779. The molecule has 0 saturated carbocycles. The van der Waals surface area contributed by atoms with Gasteiger partial charge in [0.25, 0.3) is 0 Å². The highest BCUT2D eigenvalue weighted by molar-refractivity contribution is 8.38. The van der Waals surface area contributed by atoms with Gasteiger partial charge < -0.3 is 5.32 Å². The van der Waals surface area contributed by atoms with Gasteiger partial charge in [-0.15, -0.1) is 0 Å². The van der Waals surface area contributed by atoms with Crippen LogP contribution in [0.3, 0.4) is 0 Å². The molecule has 3 rings (SSSR count). The van der Waals surface area contributed by atoms with Gasteiger partial charge in [-0.05, 0) is 36.2 Å². The van der Waals surface area contributed by atoms with Crippen LogP contribution in [0.25, 0.3) is 0 Å². The summed E-state index contributed by atoms with van der Waals surface area (Å²) in [5.74, 6) is 1.26. The SMILES string of the molecule is C[C@@H](NC(=O)CSC1=Nc2ccccc2CS1)c1cccc(Cl)c1. The minimum Gasteiger partial charge on any atom is -0.349 e. The van der Waals surface area contributed by atoms with Gasteiger partial charge in [-0.25, -0.2) is 4.99 Å². The lowest BCUT2D eigenvalue weighted by atomic mass is 10.1. The summed E-state index contributed by atoms with van der Waals surface area (Å²) in [6.07, 6.45) is 0. The van der Waals surface area contributed by atoms with Gasteiger partial charge in [0.1, 0.15) is 4.38 Å². The van der Waals surface area contributed by atoms with Crippen molar-refractivity contribution in [2.75, 3.05) is 5.75 Å². The number of para-hydroxylation sites is 1. The van der Waals surface area contributed by atoms with E-state index in [1.54, 1.807) is 11.8 Å². The van der Waals surface area contributed by atoms with Crippen molar-refractivity contribution in [1.29, 1.82) is 0 Å². The average Bonchev–Trinajstić information content (AvgIpc) is 2.59. The smallest absolute Gasteiger partial charge is 0.230 e. The normalized spacial score (nSPS) is 14.5. The number of aliphatic imine (C=N–C) groups is 1. The molecule has 1 atom stereocenters. The molecule has 24 heavy (non-hydrogen) atoms. The first kappa shape index (κ1) is 17.4. The summed E-state index contributed by atoms with van der Waals surface area (Å²) >= 11 is 9.16. The van der Waals surface area contributed by atoms with E-state index >= 15 is 0 Å². The van der Waals surface area contributed by atoms with E-state index in [-0.39, 0.29) is 11.9 Å². The molecule has 0 radical (unpaired) electrons. The molecule has 1 aliphatic rings. The van der Waals surface area contributed by atoms with Gasteiger partial charge in [0, 0.05) is 10.8 Å². The molecule has 0 aliphatic carbocycles. The number of benzene rings is 2. The number of carbonyl (C=O) groups is 1. The van der Waals surface area contributed by atoms with Crippen molar-refractivity contribution in [1.82, 2.24) is 5.32 Å². The summed E-state index contributed by atoms with van der Waals surface area (Å²) in [5, 5.41) is 3.68. The first-order valence-corrected chi connectivity index (χ1v) is 9.94. The van der Waals surface area contributed by atoms with Gasteiger partial charge in [0.15, 0.2) is 0 Å². The Morgan fingerprint density at radius 3 is 3.00 bits per heavy atom. The Morgan fingerprint density at radius 2 is 2.17 bits per heavy atom. The molecule has 0 aromatic heterocycles. The molecule has 1 amide bonds. The minimum absolute atomic E-state index is 0.00497. The van der Waals surface area contributed by atoms with E-state index in [0.717, 1.165) is 21.4 Å². The van der Waals surface area contributed by atoms with Crippen LogP contribution in [0.2, 0.25) is 5.02 Å². The van der Waals surface area contributed by atoms with Crippen LogP contribution in [0, 0.1) is 0 Å². The number of carbonyl (C=O) groups excluding carboxylic acids is 1. The van der Waals surface area contributed by atoms with E-state index in [9.17, 15) is 4.79 Å². The fraction of sp³-hybridized carbons (Fsp3) is 0.222. The maximum absolute atomic E-state index is 12.2. The largest absolute Gasteiger partial charge is 0.349 e. The second-order valence-electron chi connectivity index (χ2n) is 5.43. The summed E-state index contributed by atoms with van der Waals surface area (Å²) in [4.78, 5) is 16.8. The number of thioether (sulfide) groups is 2. The topological polar surface area (TPSA) is 41.5 Å². The molecule has 0 fully saturated rings. The molecule has 124 valence electrons. The lowest BCUT2D eigenvalue weighted by Crippen LogP contribution is -2.28. The summed E-state index contributed by atoms with van der Waals surface area (Å²) in [6, 6.07) is 15.6. The number of fused-ring (bicyclic) bond motifs is 1. The van der Waals surface area contributed by atoms with Gasteiger partial charge in [-0.2, -0.15) is 0 Å². The zero-order valence-electron chi connectivity index (χ0n) is 13.2. The zero-order chi connectivity index (χ0) is 16.9. The van der Waals surface area contributed by atoms with Crippen LogP contribution in [-0.4, -0.2) is 16.0 Å². The van der Waals surface area contributed by atoms with Gasteiger partial charge in [-0.1, -0.05) is 65.5 Å². The number of nitrogens with one attached hydrogen (secondary N) is 1. The molecular formula is C18H17ClN2OS2. The van der Waals surface area contributed by atoms with Gasteiger partial charge in [0.2, 0.25) is 5.91 Å². The van der Waals surface area contributed by atoms with E-state index in [1.807, 2.05) is 49.4 Å². The van der Waals surface area contributed by atoms with Crippen molar-refractivity contribution in [2.45, 2.75) is 18.7 Å². The van der Waals surface area contributed by atoms with Crippen molar-refractivity contribution in [3.05, 3.63) is 64.7 Å². The highest BCUT2D eigenvalue weighted by Crippen LogP contribution is 2.34. The summed E-state index contributed by atoms with van der Waals surface area (Å²) in [6.45, 7) is 1.96. The maximum Gasteiger partial charge on any atom is 0.230 e. The Balaban J connectivity index is 1.54. The van der Waals surface area contributed by atoms with Crippen LogP contribution in [0.1, 0.15) is 24.1 Å². The van der Waals surface area contributed by atoms with Crippen LogP contribution in [0.15, 0.2) is 53.5 Å². The summed E-state index contributed by atoms with van der Waals surface area (Å²) in [5.41, 5.74) is 3.25. The van der Waals surface area contributed by atoms with Gasteiger partial charge in [0.05, 0.1) is 17.5 Å². The standard InChI is InChI=1S/C18H17ClN2OS2/c1-12(13-6-4-7-15(19)9-13)20-17(22)11-24-18-21-16-8-3-2-5-14(16)10-23-18/h2-9,12H,10-11H2,1H3,(H,20,22)/t12-/m1/s1. The molecule has 0 unspecified atom stereocenters. The molecule has 1 heterocycles. The third kappa shape index (κ3) is 4.56. The van der Waals surface area contributed by atoms with Crippen LogP contribution < -0.4 is 5.32 Å². The molecule has 6 heteroatoms. The number of hydrogen-bond donors (Lipinski definition) is 1. The summed E-state index contributed by atoms with van der Waals surface area (Å²) < 4.78 is 0.944. The van der Waals surface area contributed by atoms with Crippen molar-refractivity contribution in [3.63, 3.8) is 0 Å². The Labute approximate surface area is 155 Å². The molecule has 1 aliphatic heterocycles. The lowest BCUT2D eigenvalue weighted by Gasteiger charge is -2.16. The third-order valence-electron chi connectivity index (χ3n) is 3.61. The molecule has 1 N–H and O–H groups in total. The highest BCUT2D eigenvalue weighted by Gasteiger charge is 2.15. The molecule has 2 aromatic carbocycles. The number of halogens is 1. The average molecular weight is 377 g/mol. The Hall–Kier alpha value is -1.43. The predicted octanol–water partition coefficient (Wildman–Crippen LogP) is 5.18. The molecule has 0 saturated heterocycles. The van der Waals surface area contributed by atoms with Gasteiger partial charge in [-0.3, -0.25) is 4.79 Å². The lowest BCUT2D eigenvalue weighted by molar-refractivity contribution is -0.119. The first-order valence-electron chi connectivity index (χ1n) is 7.59. The molecule has 2 aromatic rings. The second kappa shape index (κ2) is 8.10. The quantitative estimate of drug-likeness (QED) is 0.798. The second-order valence-corrected chi connectivity index (χ2v) is 8.05. The molecule has 3 nitrogen and oxygen atoms in total. The van der Waals surface area contributed by atoms with E-state index in [4.69, 9.17) is 11.6 Å². The predicted molar refractivity (Wildman–Crippen MR) is 105 cm³/mol. The fourth-order valence-electron chi connectivity index (χ4n) is 2.36. The van der Waals surface area contributed by atoms with E-state index in [2.05, 4.69) is 16.4 Å². The number of amides is 1. The zero-order valence-corrected chi connectivity index (χ0v) is 15.5. The number of nitrogens with zero attached hydrogens (tertiary/aromatic N) is 1. The first-order chi connectivity index (χ1) is 11.6. The molecule has 0 spiro atoms. The Kier molecular flexibility index (Phi) is 5.87. The van der Waals surface area contributed by atoms with Crippen molar-refractivity contribution in [2.24, 2.45) is 4.99 Å². The fourth-order valence-corrected chi connectivity index (χ4v) is 4.43. The van der Waals surface area contributed by atoms with Gasteiger partial charge >= 0.3 is 0 Å². The number of rotatable bonds is 4. The number of hydrogen-bond acceptors (Lipinski definition) is 4. The molecular weight excluding hydrogens is 360 g/mol. The van der Waals surface area contributed by atoms with Crippen LogP contribution in [0.5, 0.6) is 0 Å². The van der Waals surface area contributed by atoms with E-state index in [0.29, 0.717) is 10.8 Å². The van der Waals surface area contributed by atoms with E-state index < -0.39 is 0 Å². The van der Waals surface area contributed by atoms with Crippen molar-refractivity contribution >= 4 is 51.1 Å². The highest BCUT2D eigenvalue weighted by atomic mass is 35.5. The monoisotopic (exact) mass is 376 g/mol.